The fourth-order valence-electron chi connectivity index (χ4n) is 8.54. The second-order valence-electron chi connectivity index (χ2n) is 14.2. The van der Waals surface area contributed by atoms with E-state index in [0.29, 0.717) is 0 Å². The number of nitrogens with zero attached hydrogens (tertiary/aromatic N) is 2. The van der Waals surface area contributed by atoms with E-state index in [1.807, 2.05) is 0 Å². The largest absolute Gasteiger partial charge is 0.309 e. The summed E-state index contributed by atoms with van der Waals surface area (Å²) in [6.07, 6.45) is 0. The van der Waals surface area contributed by atoms with Crippen molar-refractivity contribution in [2.45, 2.75) is 0 Å². The minimum atomic E-state index is 1.14. The van der Waals surface area contributed by atoms with Crippen LogP contribution in [0.4, 0.5) is 0 Å². The number of para-hydroxylation sites is 2. The first-order valence-corrected chi connectivity index (χ1v) is 18.6. The molecule has 2 heteroatoms. The minimum Gasteiger partial charge on any atom is -0.309 e. The summed E-state index contributed by atoms with van der Waals surface area (Å²) >= 11 is 0. The van der Waals surface area contributed by atoms with Crippen LogP contribution in [-0.4, -0.2) is 9.13 Å². The first-order chi connectivity index (χ1) is 26.8. The average molecular weight is 687 g/mol. The zero-order chi connectivity index (χ0) is 35.6. The molecule has 0 unspecified atom stereocenters. The van der Waals surface area contributed by atoms with Gasteiger partial charge in [0.15, 0.2) is 0 Å². The Kier molecular flexibility index (Phi) is 6.90. The molecule has 252 valence electrons. The van der Waals surface area contributed by atoms with Gasteiger partial charge in [0.1, 0.15) is 0 Å². The molecular formula is C52H34N2. The van der Waals surface area contributed by atoms with E-state index in [2.05, 4.69) is 215 Å². The summed E-state index contributed by atoms with van der Waals surface area (Å²) in [7, 11) is 0. The van der Waals surface area contributed by atoms with Gasteiger partial charge in [-0.05, 0) is 92.7 Å². The van der Waals surface area contributed by atoms with Crippen LogP contribution < -0.4 is 0 Å². The van der Waals surface area contributed by atoms with Crippen molar-refractivity contribution < 1.29 is 0 Å². The molecule has 0 bridgehead atoms. The summed E-state index contributed by atoms with van der Waals surface area (Å²) < 4.78 is 4.91. The van der Waals surface area contributed by atoms with Gasteiger partial charge in [0, 0.05) is 32.9 Å². The molecule has 11 rings (SSSR count). The van der Waals surface area contributed by atoms with Gasteiger partial charge < -0.3 is 9.13 Å². The number of fused-ring (bicyclic) bond motifs is 8. The fourth-order valence-corrected chi connectivity index (χ4v) is 8.54. The van der Waals surface area contributed by atoms with Gasteiger partial charge in [-0.1, -0.05) is 158 Å². The van der Waals surface area contributed by atoms with Crippen molar-refractivity contribution in [2.75, 3.05) is 0 Å². The summed E-state index contributed by atoms with van der Waals surface area (Å²) in [6.45, 7) is 0. The van der Waals surface area contributed by atoms with Crippen molar-refractivity contribution in [1.82, 2.24) is 9.13 Å². The second-order valence-corrected chi connectivity index (χ2v) is 14.2. The van der Waals surface area contributed by atoms with Crippen LogP contribution in [0.5, 0.6) is 0 Å². The van der Waals surface area contributed by atoms with Crippen molar-refractivity contribution in [3.8, 4) is 44.8 Å². The van der Waals surface area contributed by atoms with Gasteiger partial charge in [-0.25, -0.2) is 0 Å². The molecule has 0 radical (unpaired) electrons. The Morgan fingerprint density at radius 1 is 0.259 bits per heavy atom. The predicted molar refractivity (Wildman–Crippen MR) is 229 cm³/mol. The lowest BCUT2D eigenvalue weighted by molar-refractivity contribution is 1.17. The lowest BCUT2D eigenvalue weighted by Crippen LogP contribution is -1.96. The summed E-state index contributed by atoms with van der Waals surface area (Å²) in [5.74, 6) is 0. The van der Waals surface area contributed by atoms with E-state index in [1.54, 1.807) is 0 Å². The summed E-state index contributed by atoms with van der Waals surface area (Å²) in [6, 6.07) is 75.2. The third kappa shape index (κ3) is 4.81. The van der Waals surface area contributed by atoms with Crippen molar-refractivity contribution in [3.63, 3.8) is 0 Å². The van der Waals surface area contributed by atoms with E-state index in [4.69, 9.17) is 0 Å². The molecule has 11 aromatic rings. The maximum atomic E-state index is 2.48. The molecule has 0 N–H and O–H groups in total. The molecule has 0 saturated heterocycles. The maximum Gasteiger partial charge on any atom is 0.0641 e. The first-order valence-electron chi connectivity index (χ1n) is 18.6. The number of aromatic nitrogens is 2. The lowest BCUT2D eigenvalue weighted by Gasteiger charge is -2.12. The Morgan fingerprint density at radius 2 is 0.815 bits per heavy atom. The van der Waals surface area contributed by atoms with Crippen LogP contribution in [-0.2, 0) is 0 Å². The number of hydrogen-bond donors (Lipinski definition) is 0. The van der Waals surface area contributed by atoms with Gasteiger partial charge in [0.25, 0.3) is 0 Å². The predicted octanol–water partition coefficient (Wildman–Crippen LogP) is 14.0. The standard InChI is InChI=1S/C52H34N2/c1-2-11-35(12-3-1)37-21-23-38(24-22-37)39-27-29-43(30-28-39)53-49-20-9-7-18-47(49)51-50(53)32-31-46-45-17-6-8-19-48(45)54(52(46)51)44-16-10-15-41(34-44)42-26-25-36-13-4-5-14-40(36)33-42/h1-34H. The molecule has 0 aliphatic carbocycles. The van der Waals surface area contributed by atoms with E-state index in [9.17, 15) is 0 Å². The van der Waals surface area contributed by atoms with Crippen LogP contribution in [0.25, 0.3) is 99.1 Å². The van der Waals surface area contributed by atoms with Crippen molar-refractivity contribution in [1.29, 1.82) is 0 Å². The van der Waals surface area contributed by atoms with E-state index >= 15 is 0 Å². The van der Waals surface area contributed by atoms with Crippen LogP contribution in [0.3, 0.4) is 0 Å². The fraction of sp³-hybridized carbons (Fsp3) is 0. The Balaban J connectivity index is 1.09. The highest BCUT2D eigenvalue weighted by Crippen LogP contribution is 2.42. The zero-order valence-electron chi connectivity index (χ0n) is 29.5. The van der Waals surface area contributed by atoms with Crippen LogP contribution in [0.1, 0.15) is 0 Å². The van der Waals surface area contributed by atoms with E-state index in [1.165, 1.54) is 87.8 Å². The van der Waals surface area contributed by atoms with Gasteiger partial charge >= 0.3 is 0 Å². The summed E-state index contributed by atoms with van der Waals surface area (Å²) in [5.41, 5.74) is 14.4. The highest BCUT2D eigenvalue weighted by Gasteiger charge is 2.21. The molecule has 0 saturated carbocycles. The molecule has 54 heavy (non-hydrogen) atoms. The highest BCUT2D eigenvalue weighted by molar-refractivity contribution is 6.26. The van der Waals surface area contributed by atoms with Crippen LogP contribution in [0, 0.1) is 0 Å². The number of rotatable bonds is 5. The summed E-state index contributed by atoms with van der Waals surface area (Å²) in [5, 5.41) is 7.52. The molecule has 9 aromatic carbocycles. The molecule has 0 fully saturated rings. The maximum absolute atomic E-state index is 2.48. The summed E-state index contributed by atoms with van der Waals surface area (Å²) in [4.78, 5) is 0. The van der Waals surface area contributed by atoms with Gasteiger partial charge in [-0.3, -0.25) is 0 Å². The van der Waals surface area contributed by atoms with Crippen LogP contribution in [0.15, 0.2) is 206 Å². The molecule has 0 aliphatic heterocycles. The smallest absolute Gasteiger partial charge is 0.0641 e. The minimum absolute atomic E-state index is 1.14. The zero-order valence-corrected chi connectivity index (χ0v) is 29.5. The molecule has 0 aliphatic rings. The van der Waals surface area contributed by atoms with Gasteiger partial charge in [0.05, 0.1) is 22.1 Å². The van der Waals surface area contributed by atoms with Crippen LogP contribution >= 0.6 is 0 Å². The third-order valence-corrected chi connectivity index (χ3v) is 11.1. The average Bonchev–Trinajstić information content (AvgIpc) is 3.77. The molecular weight excluding hydrogens is 653 g/mol. The first kappa shape index (κ1) is 30.5. The molecule has 0 spiro atoms. The second kappa shape index (κ2) is 12.2. The molecule has 0 amide bonds. The Hall–Kier alpha value is -7.16. The highest BCUT2D eigenvalue weighted by atomic mass is 15.0. The SMILES string of the molecule is c1ccc(-c2ccc(-c3ccc(-n4c5ccccc5c5c4ccc4c6ccccc6n(-c6cccc(-c7ccc8ccccc8c7)c6)c45)cc3)cc2)cc1. The van der Waals surface area contributed by atoms with Gasteiger partial charge in [-0.15, -0.1) is 0 Å². The number of hydrogen-bond acceptors (Lipinski definition) is 0. The molecule has 2 aromatic heterocycles. The Labute approximate surface area is 313 Å². The van der Waals surface area contributed by atoms with Crippen LogP contribution in [0.2, 0.25) is 0 Å². The normalized spacial score (nSPS) is 11.7. The quantitative estimate of drug-likeness (QED) is 0.171. The monoisotopic (exact) mass is 686 g/mol. The van der Waals surface area contributed by atoms with Crippen molar-refractivity contribution in [2.24, 2.45) is 0 Å². The van der Waals surface area contributed by atoms with Gasteiger partial charge in [-0.2, -0.15) is 0 Å². The lowest BCUT2D eigenvalue weighted by atomic mass is 10.0. The Bertz CT molecular complexity index is 3180. The molecule has 0 atom stereocenters. The molecule has 2 nitrogen and oxygen atoms in total. The van der Waals surface area contributed by atoms with E-state index < -0.39 is 0 Å². The van der Waals surface area contributed by atoms with Crippen molar-refractivity contribution in [3.05, 3.63) is 206 Å². The van der Waals surface area contributed by atoms with Crippen molar-refractivity contribution >= 4 is 54.4 Å². The van der Waals surface area contributed by atoms with E-state index in [0.717, 1.165) is 11.4 Å². The number of benzene rings is 9. The topological polar surface area (TPSA) is 9.86 Å². The third-order valence-electron chi connectivity index (χ3n) is 11.1. The van der Waals surface area contributed by atoms with Gasteiger partial charge in [0.2, 0.25) is 0 Å². The Morgan fingerprint density at radius 3 is 1.57 bits per heavy atom. The van der Waals surface area contributed by atoms with E-state index in [-0.39, 0.29) is 0 Å². The molecule has 2 heterocycles.